The molecule has 0 aliphatic rings. The molecule has 3 rings (SSSR count). The van der Waals surface area contributed by atoms with Crippen LogP contribution in [0.1, 0.15) is 21.5 Å². The summed E-state index contributed by atoms with van der Waals surface area (Å²) in [5.41, 5.74) is 3.23. The molecule has 138 valence electrons. The molecule has 0 radical (unpaired) electrons. The molecule has 6 nitrogen and oxygen atoms in total. The highest BCUT2D eigenvalue weighted by molar-refractivity contribution is 7.13. The summed E-state index contributed by atoms with van der Waals surface area (Å²) in [5.74, 6) is 0.145. The van der Waals surface area contributed by atoms with Gasteiger partial charge in [-0.2, -0.15) is 0 Å². The minimum absolute atomic E-state index is 0.0881. The number of aromatic nitrogens is 1. The van der Waals surface area contributed by atoms with Crippen molar-refractivity contribution < 1.29 is 14.3 Å². The average molecular weight is 381 g/mol. The number of thiazole rings is 1. The van der Waals surface area contributed by atoms with E-state index in [9.17, 15) is 9.59 Å². The maximum absolute atomic E-state index is 12.1. The van der Waals surface area contributed by atoms with Crippen LogP contribution in [0.15, 0.2) is 54.0 Å². The van der Waals surface area contributed by atoms with Crippen molar-refractivity contribution in [3.05, 3.63) is 70.7 Å². The smallest absolute Gasteiger partial charge is 0.262 e. The zero-order valence-corrected chi connectivity index (χ0v) is 15.8. The molecular formula is C20H19N3O3S. The van der Waals surface area contributed by atoms with Gasteiger partial charge in [-0.1, -0.05) is 6.07 Å². The minimum atomic E-state index is -0.269. The summed E-state index contributed by atoms with van der Waals surface area (Å²) >= 11 is 1.35. The predicted octanol–water partition coefficient (Wildman–Crippen LogP) is 4.03. The van der Waals surface area contributed by atoms with Crippen molar-refractivity contribution in [2.75, 3.05) is 17.2 Å². The summed E-state index contributed by atoms with van der Waals surface area (Å²) < 4.78 is 5.54. The standard InChI is InChI=1S/C20H19N3O3S/c1-13-9-14(2)11-17(10-13)26-12-18(24)22-16-5-3-15(4-6-16)19(25)23-20-21-7-8-27-20/h3-11H,12H2,1-2H3,(H,22,24)(H,21,23,25). The third-order valence-corrected chi connectivity index (χ3v) is 4.34. The van der Waals surface area contributed by atoms with Crippen LogP contribution in [-0.4, -0.2) is 23.4 Å². The van der Waals surface area contributed by atoms with E-state index in [0.717, 1.165) is 11.1 Å². The van der Waals surface area contributed by atoms with Crippen LogP contribution >= 0.6 is 11.3 Å². The molecule has 2 aromatic carbocycles. The number of benzene rings is 2. The number of amides is 2. The molecule has 0 fully saturated rings. The van der Waals surface area contributed by atoms with Crippen molar-refractivity contribution in [1.29, 1.82) is 0 Å². The second kappa shape index (κ2) is 8.46. The first-order valence-corrected chi connectivity index (χ1v) is 9.19. The number of hydrogen-bond donors (Lipinski definition) is 2. The highest BCUT2D eigenvalue weighted by Gasteiger charge is 2.09. The fourth-order valence-electron chi connectivity index (χ4n) is 2.52. The molecule has 0 unspecified atom stereocenters. The van der Waals surface area contributed by atoms with Gasteiger partial charge in [0.2, 0.25) is 0 Å². The molecule has 0 aliphatic carbocycles. The summed E-state index contributed by atoms with van der Waals surface area (Å²) in [6.07, 6.45) is 1.62. The molecule has 0 saturated heterocycles. The van der Waals surface area contributed by atoms with Crippen molar-refractivity contribution in [2.45, 2.75) is 13.8 Å². The number of rotatable bonds is 6. The third kappa shape index (κ3) is 5.39. The molecule has 1 heterocycles. The molecule has 27 heavy (non-hydrogen) atoms. The van der Waals surface area contributed by atoms with E-state index in [-0.39, 0.29) is 18.4 Å². The van der Waals surface area contributed by atoms with Crippen LogP contribution in [0.3, 0.4) is 0 Å². The third-order valence-electron chi connectivity index (χ3n) is 3.65. The molecule has 0 spiro atoms. The lowest BCUT2D eigenvalue weighted by Crippen LogP contribution is -2.20. The molecule has 1 aromatic heterocycles. The first kappa shape index (κ1) is 18.6. The lowest BCUT2D eigenvalue weighted by atomic mass is 10.1. The van der Waals surface area contributed by atoms with Crippen LogP contribution in [0.4, 0.5) is 10.8 Å². The SMILES string of the molecule is Cc1cc(C)cc(OCC(=O)Nc2ccc(C(=O)Nc3nccs3)cc2)c1. The summed E-state index contributed by atoms with van der Waals surface area (Å²) in [6, 6.07) is 12.4. The van der Waals surface area contributed by atoms with Crippen LogP contribution in [0, 0.1) is 13.8 Å². The van der Waals surface area contributed by atoms with Crippen molar-refractivity contribution >= 4 is 34.0 Å². The quantitative estimate of drug-likeness (QED) is 0.676. The lowest BCUT2D eigenvalue weighted by Gasteiger charge is -2.09. The van der Waals surface area contributed by atoms with E-state index in [1.807, 2.05) is 32.0 Å². The monoisotopic (exact) mass is 381 g/mol. The van der Waals surface area contributed by atoms with E-state index in [1.165, 1.54) is 11.3 Å². The number of ether oxygens (including phenoxy) is 1. The van der Waals surface area contributed by atoms with E-state index in [0.29, 0.717) is 22.1 Å². The Bertz CT molecular complexity index is 917. The zero-order valence-electron chi connectivity index (χ0n) is 15.0. The summed E-state index contributed by atoms with van der Waals surface area (Å²) in [6.45, 7) is 3.87. The van der Waals surface area contributed by atoms with Gasteiger partial charge in [0.1, 0.15) is 5.75 Å². The first-order valence-electron chi connectivity index (χ1n) is 8.31. The van der Waals surface area contributed by atoms with Gasteiger partial charge in [-0.05, 0) is 61.4 Å². The number of carbonyl (C=O) groups is 2. The maximum Gasteiger partial charge on any atom is 0.262 e. The van der Waals surface area contributed by atoms with Crippen LogP contribution in [0.25, 0.3) is 0 Å². The highest BCUT2D eigenvalue weighted by Crippen LogP contribution is 2.17. The van der Waals surface area contributed by atoms with Crippen molar-refractivity contribution in [1.82, 2.24) is 4.98 Å². The number of anilines is 2. The fraction of sp³-hybridized carbons (Fsp3) is 0.150. The van der Waals surface area contributed by atoms with Crippen molar-refractivity contribution in [2.24, 2.45) is 0 Å². The second-order valence-electron chi connectivity index (χ2n) is 6.03. The summed E-state index contributed by atoms with van der Waals surface area (Å²) in [5, 5.41) is 7.78. The van der Waals surface area contributed by atoms with E-state index in [1.54, 1.807) is 35.8 Å². The topological polar surface area (TPSA) is 80.3 Å². The lowest BCUT2D eigenvalue weighted by molar-refractivity contribution is -0.118. The zero-order chi connectivity index (χ0) is 19.2. The molecule has 2 amide bonds. The van der Waals surface area contributed by atoms with E-state index in [2.05, 4.69) is 15.6 Å². The van der Waals surface area contributed by atoms with Crippen LogP contribution < -0.4 is 15.4 Å². The van der Waals surface area contributed by atoms with Gasteiger partial charge in [0.25, 0.3) is 11.8 Å². The summed E-state index contributed by atoms with van der Waals surface area (Å²) in [4.78, 5) is 28.2. The highest BCUT2D eigenvalue weighted by atomic mass is 32.1. The van der Waals surface area contributed by atoms with E-state index in [4.69, 9.17) is 4.74 Å². The van der Waals surface area contributed by atoms with Gasteiger partial charge in [0.05, 0.1) is 0 Å². The Hall–Kier alpha value is -3.19. The van der Waals surface area contributed by atoms with Gasteiger partial charge in [0, 0.05) is 22.8 Å². The number of nitrogens with one attached hydrogen (secondary N) is 2. The van der Waals surface area contributed by atoms with Gasteiger partial charge in [-0.25, -0.2) is 4.98 Å². The predicted molar refractivity (Wildman–Crippen MR) is 107 cm³/mol. The van der Waals surface area contributed by atoms with Crippen LogP contribution in [0.5, 0.6) is 5.75 Å². The first-order chi connectivity index (χ1) is 13.0. The Morgan fingerprint density at radius 3 is 2.37 bits per heavy atom. The van der Waals surface area contributed by atoms with Crippen LogP contribution in [-0.2, 0) is 4.79 Å². The Kier molecular flexibility index (Phi) is 5.83. The second-order valence-corrected chi connectivity index (χ2v) is 6.92. The van der Waals surface area contributed by atoms with Gasteiger partial charge in [-0.3, -0.25) is 14.9 Å². The Balaban J connectivity index is 1.52. The molecular weight excluding hydrogens is 362 g/mol. The van der Waals surface area contributed by atoms with Gasteiger partial charge in [-0.15, -0.1) is 11.3 Å². The Labute approximate surface area is 161 Å². The average Bonchev–Trinajstić information content (AvgIpc) is 3.13. The minimum Gasteiger partial charge on any atom is -0.484 e. The van der Waals surface area contributed by atoms with Gasteiger partial charge >= 0.3 is 0 Å². The number of aryl methyl sites for hydroxylation is 2. The van der Waals surface area contributed by atoms with Crippen LogP contribution in [0.2, 0.25) is 0 Å². The molecule has 0 atom stereocenters. The maximum atomic E-state index is 12.1. The van der Waals surface area contributed by atoms with Gasteiger partial charge in [0.15, 0.2) is 11.7 Å². The largest absolute Gasteiger partial charge is 0.484 e. The Morgan fingerprint density at radius 2 is 1.74 bits per heavy atom. The molecule has 0 aliphatic heterocycles. The number of nitrogens with zero attached hydrogens (tertiary/aromatic N) is 1. The molecule has 0 saturated carbocycles. The molecule has 0 bridgehead atoms. The number of hydrogen-bond acceptors (Lipinski definition) is 5. The fourth-order valence-corrected chi connectivity index (χ4v) is 3.05. The van der Waals surface area contributed by atoms with Crippen molar-refractivity contribution in [3.63, 3.8) is 0 Å². The normalized spacial score (nSPS) is 10.3. The van der Waals surface area contributed by atoms with E-state index < -0.39 is 0 Å². The molecule has 7 heteroatoms. The number of carbonyl (C=O) groups excluding carboxylic acids is 2. The molecule has 2 N–H and O–H groups in total. The molecule has 3 aromatic rings. The Morgan fingerprint density at radius 1 is 1.04 bits per heavy atom. The van der Waals surface area contributed by atoms with Gasteiger partial charge < -0.3 is 10.1 Å². The summed E-state index contributed by atoms with van der Waals surface area (Å²) in [7, 11) is 0. The van der Waals surface area contributed by atoms with E-state index >= 15 is 0 Å². The van der Waals surface area contributed by atoms with Crippen molar-refractivity contribution in [3.8, 4) is 5.75 Å².